The highest BCUT2D eigenvalue weighted by Gasteiger charge is 2.15. The molecule has 172 valence electrons. The summed E-state index contributed by atoms with van der Waals surface area (Å²) in [6.07, 6.45) is 2.55. The van der Waals surface area contributed by atoms with E-state index in [0.717, 1.165) is 35.2 Å². The third-order valence-electron chi connectivity index (χ3n) is 5.45. The second-order valence-corrected chi connectivity index (χ2v) is 7.80. The van der Waals surface area contributed by atoms with Crippen LogP contribution in [0.5, 0.6) is 0 Å². The summed E-state index contributed by atoms with van der Waals surface area (Å²) in [7, 11) is 3.08. The van der Waals surface area contributed by atoms with E-state index in [1.807, 2.05) is 13.0 Å². The van der Waals surface area contributed by atoms with E-state index >= 15 is 0 Å². The predicted octanol–water partition coefficient (Wildman–Crippen LogP) is 4.25. The van der Waals surface area contributed by atoms with Gasteiger partial charge in [-0.1, -0.05) is 12.1 Å². The number of hydrogen-bond acceptors (Lipinski definition) is 4. The third-order valence-corrected chi connectivity index (χ3v) is 5.45. The first kappa shape index (κ1) is 24.0. The Morgan fingerprint density at radius 3 is 2.48 bits per heavy atom. The molecule has 0 spiro atoms. The summed E-state index contributed by atoms with van der Waals surface area (Å²) in [6.45, 7) is 2.24. The van der Waals surface area contributed by atoms with Crippen LogP contribution in [0, 0.1) is 24.4 Å². The van der Waals surface area contributed by atoms with Crippen molar-refractivity contribution in [3.8, 4) is 0 Å². The van der Waals surface area contributed by atoms with E-state index in [2.05, 4.69) is 10.3 Å². The van der Waals surface area contributed by atoms with Crippen molar-refractivity contribution >= 4 is 18.0 Å². The number of amides is 1. The summed E-state index contributed by atoms with van der Waals surface area (Å²) >= 11 is 0. The molecule has 8 heteroatoms. The molecule has 1 heterocycles. The van der Waals surface area contributed by atoms with Crippen LogP contribution in [0.3, 0.4) is 0 Å². The second-order valence-electron chi connectivity index (χ2n) is 7.80. The summed E-state index contributed by atoms with van der Waals surface area (Å²) < 4.78 is 41.4. The number of aryl methyl sites for hydroxylation is 1. The van der Waals surface area contributed by atoms with E-state index in [-0.39, 0.29) is 11.4 Å². The molecule has 1 amide bonds. The SMILES string of the molecule is CNC(=O)c1ccc(Cc2cc(C)c(CCN(C)c3ncc(F)cc3F)c(C=O)c2)cc1F. The molecule has 33 heavy (non-hydrogen) atoms. The minimum Gasteiger partial charge on any atom is -0.357 e. The number of anilines is 1. The Morgan fingerprint density at radius 2 is 1.85 bits per heavy atom. The van der Waals surface area contributed by atoms with Crippen molar-refractivity contribution in [2.45, 2.75) is 19.8 Å². The normalized spacial score (nSPS) is 10.7. The van der Waals surface area contributed by atoms with Gasteiger partial charge in [-0.15, -0.1) is 0 Å². The summed E-state index contributed by atoms with van der Waals surface area (Å²) in [5.74, 6) is -2.58. The summed E-state index contributed by atoms with van der Waals surface area (Å²) in [6, 6.07) is 8.87. The smallest absolute Gasteiger partial charge is 0.253 e. The van der Waals surface area contributed by atoms with Gasteiger partial charge in [-0.3, -0.25) is 9.59 Å². The van der Waals surface area contributed by atoms with Crippen LogP contribution in [-0.2, 0) is 12.8 Å². The number of likely N-dealkylation sites (N-methyl/N-ethyl adjacent to an activating group) is 1. The molecule has 0 bridgehead atoms. The van der Waals surface area contributed by atoms with Crippen molar-refractivity contribution in [1.82, 2.24) is 10.3 Å². The number of carbonyl (C=O) groups is 2. The highest BCUT2D eigenvalue weighted by molar-refractivity contribution is 5.94. The second kappa shape index (κ2) is 10.3. The summed E-state index contributed by atoms with van der Waals surface area (Å²) in [5, 5.41) is 2.39. The van der Waals surface area contributed by atoms with Gasteiger partial charge in [-0.05, 0) is 60.2 Å². The largest absolute Gasteiger partial charge is 0.357 e. The molecule has 1 aromatic heterocycles. The first-order valence-corrected chi connectivity index (χ1v) is 10.3. The standard InChI is InChI=1S/C25H24F3N3O2/c1-15-8-17(9-16-4-5-21(22(27)11-16)25(33)29-2)10-18(14-32)20(15)6-7-31(3)24-23(28)12-19(26)13-30-24/h4-5,8,10-14H,6-7,9H2,1-3H3,(H,29,33). The molecule has 5 nitrogen and oxygen atoms in total. The molecule has 2 aromatic carbocycles. The number of hydrogen-bond donors (Lipinski definition) is 1. The maximum atomic E-state index is 14.3. The van der Waals surface area contributed by atoms with Gasteiger partial charge in [0.25, 0.3) is 5.91 Å². The van der Waals surface area contributed by atoms with Crippen LogP contribution in [0.15, 0.2) is 42.6 Å². The van der Waals surface area contributed by atoms with Crippen LogP contribution in [0.1, 0.15) is 43.0 Å². The number of benzene rings is 2. The van der Waals surface area contributed by atoms with E-state index < -0.39 is 23.4 Å². The fourth-order valence-electron chi connectivity index (χ4n) is 3.77. The van der Waals surface area contributed by atoms with E-state index in [4.69, 9.17) is 0 Å². The van der Waals surface area contributed by atoms with Crippen LogP contribution in [0.4, 0.5) is 19.0 Å². The van der Waals surface area contributed by atoms with Gasteiger partial charge in [0.2, 0.25) is 0 Å². The Labute approximate surface area is 190 Å². The Hall–Kier alpha value is -3.68. The minimum absolute atomic E-state index is 0.0283. The molecule has 0 aliphatic heterocycles. The molecule has 1 N–H and O–H groups in total. The van der Waals surface area contributed by atoms with Gasteiger partial charge in [0.05, 0.1) is 11.8 Å². The van der Waals surface area contributed by atoms with E-state index in [9.17, 15) is 22.8 Å². The van der Waals surface area contributed by atoms with Crippen LogP contribution in [0.2, 0.25) is 0 Å². The highest BCUT2D eigenvalue weighted by atomic mass is 19.1. The fourth-order valence-corrected chi connectivity index (χ4v) is 3.77. The number of nitrogens with zero attached hydrogens (tertiary/aromatic N) is 2. The van der Waals surface area contributed by atoms with Gasteiger partial charge >= 0.3 is 0 Å². The van der Waals surface area contributed by atoms with E-state index in [1.165, 1.54) is 19.2 Å². The first-order valence-electron chi connectivity index (χ1n) is 10.3. The lowest BCUT2D eigenvalue weighted by molar-refractivity contribution is 0.0958. The number of nitrogens with one attached hydrogen (secondary N) is 1. The van der Waals surface area contributed by atoms with Crippen molar-refractivity contribution in [3.05, 3.63) is 93.4 Å². The predicted molar refractivity (Wildman–Crippen MR) is 120 cm³/mol. The van der Waals surface area contributed by atoms with Crippen molar-refractivity contribution in [2.75, 3.05) is 25.5 Å². The lowest BCUT2D eigenvalue weighted by Gasteiger charge is -2.20. The molecule has 3 aromatic rings. The third kappa shape index (κ3) is 5.58. The van der Waals surface area contributed by atoms with Crippen molar-refractivity contribution in [1.29, 1.82) is 0 Å². The molecular formula is C25H24F3N3O2. The van der Waals surface area contributed by atoms with Crippen LogP contribution in [-0.4, -0.2) is 37.8 Å². The monoisotopic (exact) mass is 455 g/mol. The zero-order chi connectivity index (χ0) is 24.1. The lowest BCUT2D eigenvalue weighted by atomic mass is 9.93. The quantitative estimate of drug-likeness (QED) is 0.516. The van der Waals surface area contributed by atoms with Gasteiger partial charge in [-0.25, -0.2) is 18.2 Å². The number of rotatable bonds is 8. The zero-order valence-corrected chi connectivity index (χ0v) is 18.6. The minimum atomic E-state index is -0.755. The Kier molecular flexibility index (Phi) is 7.48. The Bertz CT molecular complexity index is 1200. The van der Waals surface area contributed by atoms with Crippen molar-refractivity contribution in [2.24, 2.45) is 0 Å². The molecule has 3 rings (SSSR count). The van der Waals surface area contributed by atoms with Crippen LogP contribution < -0.4 is 10.2 Å². The lowest BCUT2D eigenvalue weighted by Crippen LogP contribution is -2.23. The highest BCUT2D eigenvalue weighted by Crippen LogP contribution is 2.22. The maximum absolute atomic E-state index is 14.3. The number of carbonyl (C=O) groups excluding carboxylic acids is 2. The molecule has 0 saturated carbocycles. The van der Waals surface area contributed by atoms with E-state index in [1.54, 1.807) is 24.1 Å². The number of halogens is 3. The number of aromatic nitrogens is 1. The molecule has 0 saturated heterocycles. The zero-order valence-electron chi connectivity index (χ0n) is 18.6. The maximum Gasteiger partial charge on any atom is 0.253 e. The summed E-state index contributed by atoms with van der Waals surface area (Å²) in [5.41, 5.74) is 3.64. The first-order chi connectivity index (χ1) is 15.7. The van der Waals surface area contributed by atoms with Gasteiger partial charge in [-0.2, -0.15) is 0 Å². The Balaban J connectivity index is 1.77. The molecule has 0 atom stereocenters. The van der Waals surface area contributed by atoms with E-state index in [0.29, 0.717) is 30.5 Å². The Morgan fingerprint density at radius 1 is 1.09 bits per heavy atom. The average Bonchev–Trinajstić information content (AvgIpc) is 2.77. The van der Waals surface area contributed by atoms with Gasteiger partial charge in [0.15, 0.2) is 11.6 Å². The topological polar surface area (TPSA) is 62.3 Å². The number of pyridine rings is 1. The molecule has 0 unspecified atom stereocenters. The van der Waals surface area contributed by atoms with Gasteiger partial charge < -0.3 is 10.2 Å². The van der Waals surface area contributed by atoms with Crippen molar-refractivity contribution < 1.29 is 22.8 Å². The van der Waals surface area contributed by atoms with Crippen LogP contribution >= 0.6 is 0 Å². The summed E-state index contributed by atoms with van der Waals surface area (Å²) in [4.78, 5) is 28.8. The fraction of sp³-hybridized carbons (Fsp3) is 0.240. The van der Waals surface area contributed by atoms with Gasteiger partial charge in [0.1, 0.15) is 17.9 Å². The van der Waals surface area contributed by atoms with Crippen molar-refractivity contribution in [3.63, 3.8) is 0 Å². The average molecular weight is 455 g/mol. The molecule has 0 aliphatic rings. The molecular weight excluding hydrogens is 431 g/mol. The molecule has 0 radical (unpaired) electrons. The molecule has 0 aliphatic carbocycles. The van der Waals surface area contributed by atoms with Gasteiger partial charge in [0, 0.05) is 32.3 Å². The number of aldehydes is 1. The molecule has 0 fully saturated rings. The van der Waals surface area contributed by atoms with Crippen LogP contribution in [0.25, 0.3) is 0 Å².